The molecular weight excluding hydrogens is 352 g/mol. The molecule has 0 aliphatic carbocycles. The summed E-state index contributed by atoms with van der Waals surface area (Å²) in [4.78, 5) is 20.8. The summed E-state index contributed by atoms with van der Waals surface area (Å²) in [6, 6.07) is 6.76. The Morgan fingerprint density at radius 1 is 1.07 bits per heavy atom. The van der Waals surface area contributed by atoms with Crippen LogP contribution in [0.4, 0.5) is 11.8 Å². The standard InChI is InChI=1S/C21H30N6O/c1-17-18(4-3-8-22-17)16-26-10-6-19(7-11-26)25(2)20-5-9-23-21(24-20)27-12-14-28-15-13-27/h3-5,8-9,19H,6-7,10-16H2,1-2H3. The largest absolute Gasteiger partial charge is 0.378 e. The number of pyridine rings is 1. The van der Waals surface area contributed by atoms with Crippen LogP contribution in [0.15, 0.2) is 30.6 Å². The summed E-state index contributed by atoms with van der Waals surface area (Å²) in [6.07, 6.45) is 6.04. The second-order valence-corrected chi connectivity index (χ2v) is 7.68. The molecule has 4 heterocycles. The van der Waals surface area contributed by atoms with E-state index in [-0.39, 0.29) is 0 Å². The molecule has 7 nitrogen and oxygen atoms in total. The molecule has 2 aliphatic heterocycles. The number of hydrogen-bond donors (Lipinski definition) is 0. The fourth-order valence-electron chi connectivity index (χ4n) is 4.03. The molecule has 0 unspecified atom stereocenters. The van der Waals surface area contributed by atoms with Crippen LogP contribution in [0.25, 0.3) is 0 Å². The lowest BCUT2D eigenvalue weighted by atomic mass is 10.0. The van der Waals surface area contributed by atoms with Gasteiger partial charge in [0.1, 0.15) is 5.82 Å². The van der Waals surface area contributed by atoms with Gasteiger partial charge in [-0.05, 0) is 37.5 Å². The summed E-state index contributed by atoms with van der Waals surface area (Å²) in [7, 11) is 2.16. The maximum atomic E-state index is 5.44. The summed E-state index contributed by atoms with van der Waals surface area (Å²) in [5.74, 6) is 1.83. The average molecular weight is 383 g/mol. The summed E-state index contributed by atoms with van der Waals surface area (Å²) in [5, 5.41) is 0. The Hall–Kier alpha value is -2.25. The fourth-order valence-corrected chi connectivity index (χ4v) is 4.03. The molecule has 0 amide bonds. The molecule has 0 atom stereocenters. The number of hydrogen-bond acceptors (Lipinski definition) is 7. The van der Waals surface area contributed by atoms with E-state index in [1.165, 1.54) is 5.56 Å². The van der Waals surface area contributed by atoms with Gasteiger partial charge in [0.2, 0.25) is 5.95 Å². The third-order valence-corrected chi connectivity index (χ3v) is 5.90. The van der Waals surface area contributed by atoms with Crippen molar-refractivity contribution in [2.75, 3.05) is 56.2 Å². The normalized spacial score (nSPS) is 19.0. The van der Waals surface area contributed by atoms with Crippen LogP contribution in [0, 0.1) is 6.92 Å². The molecule has 2 fully saturated rings. The quantitative estimate of drug-likeness (QED) is 0.785. The van der Waals surface area contributed by atoms with Gasteiger partial charge in [-0.15, -0.1) is 0 Å². The van der Waals surface area contributed by atoms with E-state index < -0.39 is 0 Å². The van der Waals surface area contributed by atoms with Crippen molar-refractivity contribution in [3.63, 3.8) is 0 Å². The maximum Gasteiger partial charge on any atom is 0.227 e. The Morgan fingerprint density at radius 3 is 2.61 bits per heavy atom. The zero-order valence-corrected chi connectivity index (χ0v) is 16.9. The van der Waals surface area contributed by atoms with Crippen LogP contribution in [0.5, 0.6) is 0 Å². The Morgan fingerprint density at radius 2 is 1.86 bits per heavy atom. The Labute approximate surface area is 167 Å². The molecule has 2 aromatic rings. The van der Waals surface area contributed by atoms with Gasteiger partial charge >= 0.3 is 0 Å². The van der Waals surface area contributed by atoms with Gasteiger partial charge < -0.3 is 14.5 Å². The van der Waals surface area contributed by atoms with Crippen molar-refractivity contribution >= 4 is 11.8 Å². The number of likely N-dealkylation sites (tertiary alicyclic amines) is 1. The first kappa shape index (κ1) is 19.1. The molecule has 7 heteroatoms. The van der Waals surface area contributed by atoms with Crippen molar-refractivity contribution in [2.45, 2.75) is 32.4 Å². The maximum absolute atomic E-state index is 5.44. The van der Waals surface area contributed by atoms with E-state index in [1.807, 2.05) is 24.5 Å². The van der Waals surface area contributed by atoms with E-state index in [1.54, 1.807) is 0 Å². The van der Waals surface area contributed by atoms with Crippen LogP contribution in [-0.4, -0.2) is 72.3 Å². The van der Waals surface area contributed by atoms with Gasteiger partial charge in [-0.2, -0.15) is 4.98 Å². The first-order chi connectivity index (χ1) is 13.7. The summed E-state index contributed by atoms with van der Waals surface area (Å²) >= 11 is 0. The SMILES string of the molecule is Cc1ncccc1CN1CCC(N(C)c2ccnc(N3CCOCC3)n2)CC1. The monoisotopic (exact) mass is 382 g/mol. The highest BCUT2D eigenvalue weighted by atomic mass is 16.5. The van der Waals surface area contributed by atoms with E-state index in [0.29, 0.717) is 6.04 Å². The number of aromatic nitrogens is 3. The van der Waals surface area contributed by atoms with Gasteiger partial charge in [0, 0.05) is 63.9 Å². The van der Waals surface area contributed by atoms with Crippen LogP contribution in [0.2, 0.25) is 0 Å². The van der Waals surface area contributed by atoms with E-state index >= 15 is 0 Å². The first-order valence-electron chi connectivity index (χ1n) is 10.2. The molecule has 0 N–H and O–H groups in total. The van der Waals surface area contributed by atoms with Crippen LogP contribution < -0.4 is 9.80 Å². The molecular formula is C21H30N6O. The van der Waals surface area contributed by atoms with E-state index in [9.17, 15) is 0 Å². The molecule has 150 valence electrons. The molecule has 0 bridgehead atoms. The van der Waals surface area contributed by atoms with Gasteiger partial charge in [0.05, 0.1) is 13.2 Å². The molecule has 0 aromatic carbocycles. The van der Waals surface area contributed by atoms with Gasteiger partial charge in [0.25, 0.3) is 0 Å². The average Bonchev–Trinajstić information content (AvgIpc) is 2.76. The Bertz CT molecular complexity index is 771. The second-order valence-electron chi connectivity index (χ2n) is 7.68. The highest BCUT2D eigenvalue weighted by molar-refractivity contribution is 5.44. The lowest BCUT2D eigenvalue weighted by Gasteiger charge is -2.37. The van der Waals surface area contributed by atoms with Crippen molar-refractivity contribution in [3.8, 4) is 0 Å². The van der Waals surface area contributed by atoms with Gasteiger partial charge in [-0.25, -0.2) is 4.98 Å². The Kier molecular flexibility index (Phi) is 6.02. The number of ether oxygens (including phenoxy) is 1. The first-order valence-corrected chi connectivity index (χ1v) is 10.2. The van der Waals surface area contributed by atoms with Crippen molar-refractivity contribution in [1.82, 2.24) is 19.9 Å². The minimum absolute atomic E-state index is 0.513. The number of piperidine rings is 1. The molecule has 0 radical (unpaired) electrons. The van der Waals surface area contributed by atoms with Gasteiger partial charge in [0.15, 0.2) is 0 Å². The van der Waals surface area contributed by atoms with Crippen molar-refractivity contribution in [1.29, 1.82) is 0 Å². The molecule has 2 aliphatic rings. The van der Waals surface area contributed by atoms with Crippen LogP contribution >= 0.6 is 0 Å². The van der Waals surface area contributed by atoms with E-state index in [4.69, 9.17) is 9.72 Å². The molecule has 2 saturated heterocycles. The lowest BCUT2D eigenvalue weighted by molar-refractivity contribution is 0.122. The van der Waals surface area contributed by atoms with Crippen LogP contribution in [0.1, 0.15) is 24.1 Å². The second kappa shape index (κ2) is 8.84. The van der Waals surface area contributed by atoms with Gasteiger partial charge in [-0.1, -0.05) is 6.07 Å². The molecule has 4 rings (SSSR count). The third kappa shape index (κ3) is 4.42. The summed E-state index contributed by atoms with van der Waals surface area (Å²) < 4.78 is 5.44. The number of aryl methyl sites for hydroxylation is 1. The molecule has 0 spiro atoms. The molecule has 28 heavy (non-hydrogen) atoms. The third-order valence-electron chi connectivity index (χ3n) is 5.90. The van der Waals surface area contributed by atoms with E-state index in [2.05, 4.69) is 44.7 Å². The predicted octanol–water partition coefficient (Wildman–Crippen LogP) is 2.12. The number of morpholine rings is 1. The zero-order chi connectivity index (χ0) is 19.3. The minimum Gasteiger partial charge on any atom is -0.378 e. The lowest BCUT2D eigenvalue weighted by Crippen LogP contribution is -2.43. The van der Waals surface area contributed by atoms with Crippen molar-refractivity contribution in [3.05, 3.63) is 41.9 Å². The minimum atomic E-state index is 0.513. The topological polar surface area (TPSA) is 57.6 Å². The molecule has 2 aromatic heterocycles. The number of rotatable bonds is 5. The summed E-state index contributed by atoms with van der Waals surface area (Å²) in [5.41, 5.74) is 2.47. The molecule has 0 saturated carbocycles. The van der Waals surface area contributed by atoms with Crippen molar-refractivity contribution in [2.24, 2.45) is 0 Å². The van der Waals surface area contributed by atoms with Crippen molar-refractivity contribution < 1.29 is 4.74 Å². The van der Waals surface area contributed by atoms with Crippen LogP contribution in [-0.2, 0) is 11.3 Å². The summed E-state index contributed by atoms with van der Waals surface area (Å²) in [6.45, 7) is 8.51. The van der Waals surface area contributed by atoms with Gasteiger partial charge in [-0.3, -0.25) is 9.88 Å². The number of nitrogens with zero attached hydrogens (tertiary/aromatic N) is 6. The highest BCUT2D eigenvalue weighted by Gasteiger charge is 2.24. The fraction of sp³-hybridized carbons (Fsp3) is 0.571. The van der Waals surface area contributed by atoms with E-state index in [0.717, 1.165) is 76.2 Å². The van der Waals surface area contributed by atoms with Crippen LogP contribution in [0.3, 0.4) is 0 Å². The highest BCUT2D eigenvalue weighted by Crippen LogP contribution is 2.23. The predicted molar refractivity (Wildman–Crippen MR) is 111 cm³/mol. The number of anilines is 2. The smallest absolute Gasteiger partial charge is 0.227 e. The Balaban J connectivity index is 1.35. The zero-order valence-electron chi connectivity index (χ0n) is 16.9.